The Morgan fingerprint density at radius 1 is 1.27 bits per heavy atom. The standard InChI is InChI=1S/C12H11F3/c1-3-4-9(2)10-5-7-11(8-6-10)12(13,14)15/h1,5-9H,4H2,2H3. The third-order valence-electron chi connectivity index (χ3n) is 2.23. The smallest absolute Gasteiger partial charge is 0.166 e. The number of alkyl halides is 3. The lowest BCUT2D eigenvalue weighted by atomic mass is 9.97. The molecule has 0 aliphatic rings. The van der Waals surface area contributed by atoms with E-state index in [0.717, 1.165) is 17.7 Å². The molecule has 0 saturated heterocycles. The van der Waals surface area contributed by atoms with Crippen molar-refractivity contribution in [3.05, 3.63) is 35.4 Å². The van der Waals surface area contributed by atoms with Gasteiger partial charge in [-0.05, 0) is 23.6 Å². The lowest BCUT2D eigenvalue weighted by Gasteiger charge is -2.10. The molecule has 0 aromatic heterocycles. The van der Waals surface area contributed by atoms with E-state index in [2.05, 4.69) is 5.92 Å². The topological polar surface area (TPSA) is 0 Å². The molecular formula is C12H11F3. The van der Waals surface area contributed by atoms with Gasteiger partial charge in [0.2, 0.25) is 0 Å². The minimum atomic E-state index is -4.27. The van der Waals surface area contributed by atoms with Gasteiger partial charge in [-0.2, -0.15) is 13.2 Å². The Bertz CT molecular complexity index is 354. The summed E-state index contributed by atoms with van der Waals surface area (Å²) in [5.41, 5.74) is 0.208. The van der Waals surface area contributed by atoms with Gasteiger partial charge in [-0.3, -0.25) is 0 Å². The SMILES string of the molecule is C#CCC(C)c1ccc(C(F)(F)F)cc1. The molecule has 1 unspecified atom stereocenters. The Hall–Kier alpha value is -1.43. The molecule has 0 N–H and O–H groups in total. The first-order valence-electron chi connectivity index (χ1n) is 4.55. The largest absolute Gasteiger partial charge is 0.416 e. The van der Waals surface area contributed by atoms with E-state index >= 15 is 0 Å². The van der Waals surface area contributed by atoms with Crippen LogP contribution in [0.3, 0.4) is 0 Å². The minimum Gasteiger partial charge on any atom is -0.166 e. The summed E-state index contributed by atoms with van der Waals surface area (Å²) in [5, 5.41) is 0. The van der Waals surface area contributed by atoms with Gasteiger partial charge in [-0.15, -0.1) is 12.3 Å². The van der Waals surface area contributed by atoms with Crippen LogP contribution < -0.4 is 0 Å². The molecule has 80 valence electrons. The summed E-state index contributed by atoms with van der Waals surface area (Å²) in [7, 11) is 0. The zero-order chi connectivity index (χ0) is 11.5. The molecule has 1 aromatic rings. The molecule has 0 radical (unpaired) electrons. The number of hydrogen-bond donors (Lipinski definition) is 0. The van der Waals surface area contributed by atoms with Gasteiger partial charge in [-0.1, -0.05) is 19.1 Å². The molecule has 0 bridgehead atoms. The summed E-state index contributed by atoms with van der Waals surface area (Å²) >= 11 is 0. The van der Waals surface area contributed by atoms with Crippen LogP contribution in [0.15, 0.2) is 24.3 Å². The molecule has 3 heteroatoms. The van der Waals surface area contributed by atoms with Crippen molar-refractivity contribution in [1.82, 2.24) is 0 Å². The lowest BCUT2D eigenvalue weighted by Crippen LogP contribution is -2.04. The summed E-state index contributed by atoms with van der Waals surface area (Å²) in [6.45, 7) is 1.89. The molecule has 0 nitrogen and oxygen atoms in total. The van der Waals surface area contributed by atoms with Gasteiger partial charge >= 0.3 is 6.18 Å². The Morgan fingerprint density at radius 3 is 2.20 bits per heavy atom. The normalized spacial score (nSPS) is 13.3. The molecular weight excluding hydrogens is 201 g/mol. The van der Waals surface area contributed by atoms with E-state index in [1.165, 1.54) is 12.1 Å². The Morgan fingerprint density at radius 2 is 1.80 bits per heavy atom. The second-order valence-corrected chi connectivity index (χ2v) is 3.43. The summed E-state index contributed by atoms with van der Waals surface area (Å²) in [5.74, 6) is 2.58. The van der Waals surface area contributed by atoms with Crippen molar-refractivity contribution in [2.45, 2.75) is 25.4 Å². The number of terminal acetylenes is 1. The predicted molar refractivity (Wildman–Crippen MR) is 53.3 cm³/mol. The predicted octanol–water partition coefficient (Wildman–Crippen LogP) is 3.83. The zero-order valence-electron chi connectivity index (χ0n) is 8.31. The first kappa shape index (κ1) is 11.6. The fourth-order valence-electron chi connectivity index (χ4n) is 1.30. The third kappa shape index (κ3) is 3.02. The molecule has 1 aromatic carbocycles. The third-order valence-corrected chi connectivity index (χ3v) is 2.23. The molecule has 0 fully saturated rings. The van der Waals surface area contributed by atoms with Crippen LogP contribution in [0.2, 0.25) is 0 Å². The van der Waals surface area contributed by atoms with Gasteiger partial charge in [0.25, 0.3) is 0 Å². The Labute approximate surface area is 87.1 Å². The zero-order valence-corrected chi connectivity index (χ0v) is 8.31. The summed E-state index contributed by atoms with van der Waals surface area (Å²) in [4.78, 5) is 0. The van der Waals surface area contributed by atoms with Gasteiger partial charge in [0.15, 0.2) is 0 Å². The van der Waals surface area contributed by atoms with E-state index in [-0.39, 0.29) is 5.92 Å². The van der Waals surface area contributed by atoms with Crippen LogP contribution in [0, 0.1) is 12.3 Å². The number of hydrogen-bond acceptors (Lipinski definition) is 0. The van der Waals surface area contributed by atoms with Crippen LogP contribution in [-0.2, 0) is 6.18 Å². The van der Waals surface area contributed by atoms with E-state index in [4.69, 9.17) is 6.42 Å². The van der Waals surface area contributed by atoms with Crippen molar-refractivity contribution in [2.24, 2.45) is 0 Å². The van der Waals surface area contributed by atoms with Crippen LogP contribution in [0.25, 0.3) is 0 Å². The summed E-state index contributed by atoms with van der Waals surface area (Å²) in [6, 6.07) is 5.13. The first-order valence-corrected chi connectivity index (χ1v) is 4.55. The van der Waals surface area contributed by atoms with Crippen molar-refractivity contribution in [3.8, 4) is 12.3 Å². The van der Waals surface area contributed by atoms with Gasteiger partial charge < -0.3 is 0 Å². The second kappa shape index (κ2) is 4.39. The Kier molecular flexibility index (Phi) is 3.41. The highest BCUT2D eigenvalue weighted by Gasteiger charge is 2.30. The first-order chi connectivity index (χ1) is 6.95. The van der Waals surface area contributed by atoms with E-state index in [1.807, 2.05) is 6.92 Å². The van der Waals surface area contributed by atoms with Crippen LogP contribution in [-0.4, -0.2) is 0 Å². The monoisotopic (exact) mass is 212 g/mol. The fourth-order valence-corrected chi connectivity index (χ4v) is 1.30. The average molecular weight is 212 g/mol. The molecule has 1 rings (SSSR count). The quantitative estimate of drug-likeness (QED) is 0.653. The maximum Gasteiger partial charge on any atom is 0.416 e. The molecule has 0 spiro atoms. The molecule has 0 amide bonds. The number of rotatable bonds is 2. The Balaban J connectivity index is 2.87. The molecule has 1 atom stereocenters. The highest BCUT2D eigenvalue weighted by molar-refractivity contribution is 5.27. The van der Waals surface area contributed by atoms with Gasteiger partial charge in [-0.25, -0.2) is 0 Å². The lowest BCUT2D eigenvalue weighted by molar-refractivity contribution is -0.137. The van der Waals surface area contributed by atoms with Crippen LogP contribution in [0.5, 0.6) is 0 Å². The molecule has 0 saturated carbocycles. The van der Waals surface area contributed by atoms with Gasteiger partial charge in [0, 0.05) is 6.42 Å². The van der Waals surface area contributed by atoms with Gasteiger partial charge in [0.05, 0.1) is 5.56 Å². The molecule has 0 aliphatic carbocycles. The van der Waals surface area contributed by atoms with Crippen molar-refractivity contribution in [3.63, 3.8) is 0 Å². The van der Waals surface area contributed by atoms with E-state index < -0.39 is 11.7 Å². The number of halogens is 3. The molecule has 15 heavy (non-hydrogen) atoms. The van der Waals surface area contributed by atoms with Crippen molar-refractivity contribution >= 4 is 0 Å². The van der Waals surface area contributed by atoms with Crippen LogP contribution in [0.4, 0.5) is 13.2 Å². The molecule has 0 aliphatic heterocycles. The average Bonchev–Trinajstić information content (AvgIpc) is 2.17. The summed E-state index contributed by atoms with van der Waals surface area (Å²) < 4.78 is 36.7. The maximum atomic E-state index is 12.2. The van der Waals surface area contributed by atoms with Crippen molar-refractivity contribution in [1.29, 1.82) is 0 Å². The highest BCUT2D eigenvalue weighted by atomic mass is 19.4. The van der Waals surface area contributed by atoms with Crippen LogP contribution >= 0.6 is 0 Å². The van der Waals surface area contributed by atoms with Crippen LogP contribution in [0.1, 0.15) is 30.4 Å². The fraction of sp³-hybridized carbons (Fsp3) is 0.333. The van der Waals surface area contributed by atoms with E-state index in [0.29, 0.717) is 6.42 Å². The number of benzene rings is 1. The van der Waals surface area contributed by atoms with E-state index in [1.54, 1.807) is 0 Å². The highest BCUT2D eigenvalue weighted by Crippen LogP contribution is 2.30. The van der Waals surface area contributed by atoms with E-state index in [9.17, 15) is 13.2 Å². The maximum absolute atomic E-state index is 12.2. The van der Waals surface area contributed by atoms with Crippen molar-refractivity contribution in [2.75, 3.05) is 0 Å². The molecule has 0 heterocycles. The van der Waals surface area contributed by atoms with Crippen molar-refractivity contribution < 1.29 is 13.2 Å². The minimum absolute atomic E-state index is 0.0947. The van der Waals surface area contributed by atoms with Gasteiger partial charge in [0.1, 0.15) is 0 Å². The second-order valence-electron chi connectivity index (χ2n) is 3.43. The summed E-state index contributed by atoms with van der Waals surface area (Å²) in [6.07, 6.45) is 1.40.